The molecule has 32 heavy (non-hydrogen) atoms. The molecule has 0 spiro atoms. The van der Waals surface area contributed by atoms with Crippen molar-refractivity contribution in [2.45, 2.75) is 57.0 Å². The third kappa shape index (κ3) is 5.10. The molecule has 6 nitrogen and oxygen atoms in total. The van der Waals surface area contributed by atoms with Gasteiger partial charge in [-0.05, 0) is 57.4 Å². The van der Waals surface area contributed by atoms with E-state index in [1.165, 1.54) is 18.2 Å². The highest BCUT2D eigenvalue weighted by molar-refractivity contribution is 7.99. The van der Waals surface area contributed by atoms with Gasteiger partial charge in [0.2, 0.25) is 5.91 Å². The van der Waals surface area contributed by atoms with Crippen molar-refractivity contribution in [2.75, 3.05) is 5.75 Å². The van der Waals surface area contributed by atoms with E-state index in [1.807, 2.05) is 58.0 Å². The number of hydrogen-bond acceptors (Lipinski definition) is 5. The fourth-order valence-corrected chi connectivity index (χ4v) is 5.17. The summed E-state index contributed by atoms with van der Waals surface area (Å²) in [6, 6.07) is 17.8. The summed E-state index contributed by atoms with van der Waals surface area (Å²) in [6.45, 7) is 4.48. The molecular weight excluding hydrogens is 444 g/mol. The molecule has 2 atom stereocenters. The Morgan fingerprint density at radius 2 is 1.75 bits per heavy atom. The van der Waals surface area contributed by atoms with Gasteiger partial charge in [-0.3, -0.25) is 9.36 Å². The molecule has 0 saturated carbocycles. The Balaban J connectivity index is 1.53. The summed E-state index contributed by atoms with van der Waals surface area (Å²) in [5.74, 6) is 1.71. The van der Waals surface area contributed by atoms with Crippen LogP contribution in [0.4, 0.5) is 0 Å². The van der Waals surface area contributed by atoms with Crippen LogP contribution >= 0.6 is 23.4 Å². The zero-order valence-corrected chi connectivity index (χ0v) is 19.9. The van der Waals surface area contributed by atoms with E-state index >= 15 is 0 Å². The zero-order valence-electron chi connectivity index (χ0n) is 18.3. The molecule has 8 heteroatoms. The minimum Gasteiger partial charge on any atom is -0.484 e. The number of rotatable bonds is 7. The molecule has 1 fully saturated rings. The van der Waals surface area contributed by atoms with E-state index in [4.69, 9.17) is 16.3 Å². The number of thioether (sulfide) groups is 1. The standard InChI is InChI=1S/C24H27ClN4O2S/c1-17-9-8-10-18(2)28(17)23(30)16-32-24-27-26-22(29(24)19-11-4-3-5-12-19)15-31-21-14-7-6-13-20(21)25/h3-7,11-14,17-18H,8-10,15-16H2,1-2H3. The Morgan fingerprint density at radius 3 is 2.47 bits per heavy atom. The van der Waals surface area contributed by atoms with Crippen LogP contribution < -0.4 is 4.74 Å². The number of para-hydroxylation sites is 2. The fraction of sp³-hybridized carbons (Fsp3) is 0.375. The van der Waals surface area contributed by atoms with E-state index in [0.717, 1.165) is 18.5 Å². The maximum absolute atomic E-state index is 13.0. The number of carbonyl (C=O) groups is 1. The second-order valence-corrected chi connectivity index (χ2v) is 9.36. The van der Waals surface area contributed by atoms with Gasteiger partial charge in [-0.25, -0.2) is 0 Å². The van der Waals surface area contributed by atoms with Crippen LogP contribution in [0.25, 0.3) is 5.69 Å². The summed E-state index contributed by atoms with van der Waals surface area (Å²) in [5, 5.41) is 9.94. The van der Waals surface area contributed by atoms with Crippen molar-refractivity contribution in [1.29, 1.82) is 0 Å². The first-order valence-electron chi connectivity index (χ1n) is 10.9. The normalized spacial score (nSPS) is 18.5. The van der Waals surface area contributed by atoms with Gasteiger partial charge in [0.25, 0.3) is 0 Å². The van der Waals surface area contributed by atoms with Gasteiger partial charge in [0.1, 0.15) is 12.4 Å². The number of ether oxygens (including phenoxy) is 1. The number of amides is 1. The molecular formula is C24H27ClN4O2S. The Bertz CT molecular complexity index is 1050. The molecule has 3 aromatic rings. The number of carbonyl (C=O) groups excluding carboxylic acids is 1. The quantitative estimate of drug-likeness (QED) is 0.434. The Kier molecular flexibility index (Phi) is 7.37. The van der Waals surface area contributed by atoms with Crippen LogP contribution in [0.5, 0.6) is 5.75 Å². The predicted octanol–water partition coefficient (Wildman–Crippen LogP) is 5.38. The lowest BCUT2D eigenvalue weighted by atomic mass is 9.98. The minimum absolute atomic E-state index is 0.145. The number of piperidine rings is 1. The maximum Gasteiger partial charge on any atom is 0.233 e. The number of hydrogen-bond donors (Lipinski definition) is 0. The van der Waals surface area contributed by atoms with Crippen LogP contribution in [-0.4, -0.2) is 43.4 Å². The number of benzene rings is 2. The van der Waals surface area contributed by atoms with Gasteiger partial charge in [-0.15, -0.1) is 10.2 Å². The van der Waals surface area contributed by atoms with E-state index in [-0.39, 0.29) is 24.6 Å². The van der Waals surface area contributed by atoms with Crippen LogP contribution in [0.2, 0.25) is 5.02 Å². The molecule has 2 unspecified atom stereocenters. The second kappa shape index (κ2) is 10.4. The summed E-state index contributed by atoms with van der Waals surface area (Å²) >= 11 is 7.63. The average Bonchev–Trinajstić information content (AvgIpc) is 3.20. The molecule has 4 rings (SSSR count). The predicted molar refractivity (Wildman–Crippen MR) is 127 cm³/mol. The van der Waals surface area contributed by atoms with Crippen LogP contribution in [0.3, 0.4) is 0 Å². The smallest absolute Gasteiger partial charge is 0.233 e. The lowest BCUT2D eigenvalue weighted by Crippen LogP contribution is -2.48. The van der Waals surface area contributed by atoms with Gasteiger partial charge in [0, 0.05) is 17.8 Å². The molecule has 0 bridgehead atoms. The molecule has 2 aromatic carbocycles. The maximum atomic E-state index is 13.0. The van der Waals surface area contributed by atoms with Gasteiger partial charge < -0.3 is 9.64 Å². The summed E-state index contributed by atoms with van der Waals surface area (Å²) in [5.41, 5.74) is 0.921. The van der Waals surface area contributed by atoms with Crippen molar-refractivity contribution in [3.05, 3.63) is 65.4 Å². The minimum atomic E-state index is 0.145. The SMILES string of the molecule is CC1CCCC(C)N1C(=O)CSc1nnc(COc2ccccc2Cl)n1-c1ccccc1. The molecule has 0 N–H and O–H groups in total. The van der Waals surface area contributed by atoms with Gasteiger partial charge in [0.15, 0.2) is 11.0 Å². The van der Waals surface area contributed by atoms with Crippen molar-refractivity contribution in [1.82, 2.24) is 19.7 Å². The van der Waals surface area contributed by atoms with Gasteiger partial charge in [-0.1, -0.05) is 53.7 Å². The highest BCUT2D eigenvalue weighted by Gasteiger charge is 2.29. The van der Waals surface area contributed by atoms with Crippen molar-refractivity contribution < 1.29 is 9.53 Å². The lowest BCUT2D eigenvalue weighted by Gasteiger charge is -2.39. The third-order valence-electron chi connectivity index (χ3n) is 5.71. The molecule has 0 radical (unpaired) electrons. The van der Waals surface area contributed by atoms with Gasteiger partial charge in [0.05, 0.1) is 10.8 Å². The zero-order chi connectivity index (χ0) is 22.5. The average molecular weight is 471 g/mol. The molecule has 1 aromatic heterocycles. The lowest BCUT2D eigenvalue weighted by molar-refractivity contribution is -0.134. The first-order valence-corrected chi connectivity index (χ1v) is 12.2. The van der Waals surface area contributed by atoms with E-state index in [1.54, 1.807) is 6.07 Å². The van der Waals surface area contributed by atoms with Crippen molar-refractivity contribution in [3.63, 3.8) is 0 Å². The number of likely N-dealkylation sites (tertiary alicyclic amines) is 1. The monoisotopic (exact) mass is 470 g/mol. The molecule has 1 saturated heterocycles. The molecule has 2 heterocycles. The molecule has 1 amide bonds. The highest BCUT2D eigenvalue weighted by Crippen LogP contribution is 2.28. The summed E-state index contributed by atoms with van der Waals surface area (Å²) < 4.78 is 7.85. The second-order valence-electron chi connectivity index (χ2n) is 8.01. The topological polar surface area (TPSA) is 60.3 Å². The number of halogens is 1. The first kappa shape index (κ1) is 22.7. The summed E-state index contributed by atoms with van der Waals surface area (Å²) in [7, 11) is 0. The summed E-state index contributed by atoms with van der Waals surface area (Å²) in [4.78, 5) is 15.0. The molecule has 168 valence electrons. The van der Waals surface area contributed by atoms with Gasteiger partial charge in [-0.2, -0.15) is 0 Å². The van der Waals surface area contributed by atoms with Crippen LogP contribution in [0, 0.1) is 0 Å². The number of nitrogens with zero attached hydrogens (tertiary/aromatic N) is 4. The van der Waals surface area contributed by atoms with Crippen LogP contribution in [0.15, 0.2) is 59.8 Å². The van der Waals surface area contributed by atoms with E-state index in [2.05, 4.69) is 24.0 Å². The Hall–Kier alpha value is -2.51. The fourth-order valence-electron chi connectivity index (χ4n) is 4.14. The molecule has 0 aliphatic carbocycles. The Morgan fingerprint density at radius 1 is 1.06 bits per heavy atom. The summed E-state index contributed by atoms with van der Waals surface area (Å²) in [6.07, 6.45) is 3.30. The van der Waals surface area contributed by atoms with E-state index in [0.29, 0.717) is 27.5 Å². The van der Waals surface area contributed by atoms with Crippen molar-refractivity contribution in [2.24, 2.45) is 0 Å². The molecule has 1 aliphatic heterocycles. The van der Waals surface area contributed by atoms with Gasteiger partial charge >= 0.3 is 0 Å². The van der Waals surface area contributed by atoms with Crippen molar-refractivity contribution >= 4 is 29.3 Å². The molecule has 1 aliphatic rings. The van der Waals surface area contributed by atoms with E-state index in [9.17, 15) is 4.79 Å². The number of aromatic nitrogens is 3. The van der Waals surface area contributed by atoms with Crippen LogP contribution in [0.1, 0.15) is 38.9 Å². The first-order chi connectivity index (χ1) is 15.5. The van der Waals surface area contributed by atoms with E-state index < -0.39 is 0 Å². The largest absolute Gasteiger partial charge is 0.484 e. The third-order valence-corrected chi connectivity index (χ3v) is 6.94. The highest BCUT2D eigenvalue weighted by atomic mass is 35.5. The van der Waals surface area contributed by atoms with Crippen molar-refractivity contribution in [3.8, 4) is 11.4 Å². The Labute approximate surface area is 197 Å². The van der Waals surface area contributed by atoms with Crippen LogP contribution in [-0.2, 0) is 11.4 Å².